The van der Waals surface area contributed by atoms with Crippen molar-refractivity contribution >= 4 is 35.2 Å². The molecule has 1 aromatic heterocycles. The van der Waals surface area contributed by atoms with Crippen LogP contribution in [0.4, 0.5) is 5.69 Å². The average Bonchev–Trinajstić information content (AvgIpc) is 3.27. The number of nitrogens with zero attached hydrogens (tertiary/aromatic N) is 5. The summed E-state index contributed by atoms with van der Waals surface area (Å²) in [5, 5.41) is 15.3. The van der Waals surface area contributed by atoms with Crippen molar-refractivity contribution in [3.05, 3.63) is 29.3 Å². The summed E-state index contributed by atoms with van der Waals surface area (Å²) in [6.07, 6.45) is 5.70. The number of carbonyl (C=O) groups is 3. The minimum atomic E-state index is -0.364. The van der Waals surface area contributed by atoms with Crippen LogP contribution < -0.4 is 5.32 Å². The number of imide groups is 1. The lowest BCUT2D eigenvalue weighted by atomic mass is 9.96. The molecule has 1 aliphatic heterocycles. The summed E-state index contributed by atoms with van der Waals surface area (Å²) >= 11 is 1.29. The van der Waals surface area contributed by atoms with E-state index in [9.17, 15) is 14.4 Å². The van der Waals surface area contributed by atoms with Crippen molar-refractivity contribution in [2.24, 2.45) is 0 Å². The number of nitrogens with one attached hydrogen (secondary N) is 1. The summed E-state index contributed by atoms with van der Waals surface area (Å²) in [4.78, 5) is 37.4. The van der Waals surface area contributed by atoms with Gasteiger partial charge in [-0.1, -0.05) is 31.0 Å². The number of aromatic nitrogens is 4. The van der Waals surface area contributed by atoms with Crippen molar-refractivity contribution in [3.63, 3.8) is 0 Å². The minimum Gasteiger partial charge on any atom is -0.325 e. The highest BCUT2D eigenvalue weighted by atomic mass is 32.2. The van der Waals surface area contributed by atoms with Gasteiger partial charge in [0.25, 0.3) is 11.8 Å². The maximum Gasteiger partial charge on any atom is 0.261 e. The summed E-state index contributed by atoms with van der Waals surface area (Å²) in [5.41, 5.74) is 1.14. The molecule has 3 amide bonds. The van der Waals surface area contributed by atoms with Gasteiger partial charge >= 0.3 is 0 Å². The molecule has 1 fully saturated rings. The molecule has 2 aromatic rings. The van der Waals surface area contributed by atoms with Gasteiger partial charge in [0.05, 0.1) is 22.9 Å². The van der Waals surface area contributed by atoms with Crippen LogP contribution in [-0.2, 0) is 4.79 Å². The van der Waals surface area contributed by atoms with Crippen molar-refractivity contribution in [1.29, 1.82) is 0 Å². The van der Waals surface area contributed by atoms with Gasteiger partial charge in [-0.05, 0) is 41.5 Å². The van der Waals surface area contributed by atoms with Crippen LogP contribution in [0.15, 0.2) is 23.4 Å². The number of hydrogen-bond donors (Lipinski definition) is 1. The molecule has 0 saturated heterocycles. The molecule has 0 atom stereocenters. The maximum atomic E-state index is 12.3. The van der Waals surface area contributed by atoms with Crippen LogP contribution in [0.25, 0.3) is 0 Å². The van der Waals surface area contributed by atoms with E-state index in [-0.39, 0.29) is 23.5 Å². The predicted molar refractivity (Wildman–Crippen MR) is 102 cm³/mol. The second-order valence-electron chi connectivity index (χ2n) is 6.96. The van der Waals surface area contributed by atoms with Gasteiger partial charge in [0, 0.05) is 12.7 Å². The monoisotopic (exact) mass is 400 g/mol. The lowest BCUT2D eigenvalue weighted by Gasteiger charge is -2.21. The third-order valence-electron chi connectivity index (χ3n) is 5.09. The molecule has 1 saturated carbocycles. The Hall–Kier alpha value is -2.75. The Morgan fingerprint density at radius 1 is 1.18 bits per heavy atom. The van der Waals surface area contributed by atoms with E-state index in [1.165, 1.54) is 44.1 Å². The van der Waals surface area contributed by atoms with Crippen LogP contribution in [0.1, 0.15) is 58.9 Å². The van der Waals surface area contributed by atoms with Crippen LogP contribution in [0.5, 0.6) is 0 Å². The topological polar surface area (TPSA) is 110 Å². The maximum absolute atomic E-state index is 12.3. The second kappa shape index (κ2) is 7.70. The predicted octanol–water partition coefficient (Wildman–Crippen LogP) is 2.13. The van der Waals surface area contributed by atoms with Crippen LogP contribution in [-0.4, -0.2) is 55.6 Å². The zero-order chi connectivity index (χ0) is 19.7. The molecule has 10 heteroatoms. The summed E-state index contributed by atoms with van der Waals surface area (Å²) < 4.78 is 1.83. The van der Waals surface area contributed by atoms with Gasteiger partial charge in [-0.15, -0.1) is 5.10 Å². The molecule has 0 unspecified atom stereocenters. The van der Waals surface area contributed by atoms with Gasteiger partial charge in [0.2, 0.25) is 11.1 Å². The molecule has 0 bridgehead atoms. The first-order valence-corrected chi connectivity index (χ1v) is 10.2. The number of thioether (sulfide) groups is 1. The molecule has 0 radical (unpaired) electrons. The van der Waals surface area contributed by atoms with E-state index in [0.717, 1.165) is 17.7 Å². The fourth-order valence-electron chi connectivity index (χ4n) is 3.60. The lowest BCUT2D eigenvalue weighted by molar-refractivity contribution is -0.113. The van der Waals surface area contributed by atoms with Crippen LogP contribution in [0, 0.1) is 0 Å². The number of carbonyl (C=O) groups excluding carboxylic acids is 3. The Morgan fingerprint density at radius 2 is 1.93 bits per heavy atom. The molecule has 146 valence electrons. The Morgan fingerprint density at radius 3 is 2.71 bits per heavy atom. The summed E-state index contributed by atoms with van der Waals surface area (Å²) in [7, 11) is 1.44. The van der Waals surface area contributed by atoms with E-state index >= 15 is 0 Å². The summed E-state index contributed by atoms with van der Waals surface area (Å²) in [6, 6.07) is 5.02. The number of benzene rings is 1. The van der Waals surface area contributed by atoms with Crippen LogP contribution in [0.3, 0.4) is 0 Å². The molecule has 9 nitrogen and oxygen atoms in total. The first kappa shape index (κ1) is 18.6. The van der Waals surface area contributed by atoms with E-state index in [4.69, 9.17) is 0 Å². The zero-order valence-electron chi connectivity index (χ0n) is 15.4. The number of fused-ring (bicyclic) bond motifs is 1. The van der Waals surface area contributed by atoms with Gasteiger partial charge < -0.3 is 5.32 Å². The molecular formula is C18H20N6O3S. The minimum absolute atomic E-state index is 0.150. The van der Waals surface area contributed by atoms with E-state index in [2.05, 4.69) is 20.8 Å². The fourth-order valence-corrected chi connectivity index (χ4v) is 4.35. The summed E-state index contributed by atoms with van der Waals surface area (Å²) in [5.74, 6) is -0.773. The van der Waals surface area contributed by atoms with Crippen molar-refractivity contribution < 1.29 is 14.4 Å². The third-order valence-corrected chi connectivity index (χ3v) is 6.02. The summed E-state index contributed by atoms with van der Waals surface area (Å²) in [6.45, 7) is 0. The highest BCUT2D eigenvalue weighted by molar-refractivity contribution is 7.99. The first-order chi connectivity index (χ1) is 13.5. The molecule has 2 aliphatic rings. The number of hydrogen-bond acceptors (Lipinski definition) is 7. The smallest absolute Gasteiger partial charge is 0.261 e. The quantitative estimate of drug-likeness (QED) is 0.605. The number of rotatable bonds is 5. The standard InChI is InChI=1S/C18H20N6O3S/c1-23-16(26)13-8-7-11(9-14(13)17(23)27)19-15(25)10-28-18-20-21-22-24(18)12-5-3-2-4-6-12/h7-9,12H,2-6,10H2,1H3,(H,19,25). The number of anilines is 1. The largest absolute Gasteiger partial charge is 0.325 e. The SMILES string of the molecule is CN1C(=O)c2ccc(NC(=O)CSc3nnnn3C3CCCCC3)cc2C1=O. The van der Waals surface area contributed by atoms with Gasteiger partial charge in [-0.3, -0.25) is 19.3 Å². The Labute approximate surface area is 165 Å². The Kier molecular flexibility index (Phi) is 5.12. The van der Waals surface area contributed by atoms with Crippen molar-refractivity contribution in [3.8, 4) is 0 Å². The van der Waals surface area contributed by atoms with Crippen LogP contribution in [0.2, 0.25) is 0 Å². The average molecular weight is 400 g/mol. The van der Waals surface area contributed by atoms with Crippen LogP contribution >= 0.6 is 11.8 Å². The molecular weight excluding hydrogens is 380 g/mol. The van der Waals surface area contributed by atoms with Gasteiger partial charge in [-0.2, -0.15) is 0 Å². The Balaban J connectivity index is 1.38. The molecule has 2 heterocycles. The molecule has 1 aromatic carbocycles. The van der Waals surface area contributed by atoms with E-state index in [1.54, 1.807) is 12.1 Å². The van der Waals surface area contributed by atoms with E-state index in [1.807, 2.05) is 4.68 Å². The molecule has 1 aliphatic carbocycles. The number of tetrazole rings is 1. The fraction of sp³-hybridized carbons (Fsp3) is 0.444. The molecule has 1 N–H and O–H groups in total. The zero-order valence-corrected chi connectivity index (χ0v) is 16.2. The third kappa shape index (κ3) is 3.51. The van der Waals surface area contributed by atoms with Crippen molar-refractivity contribution in [2.45, 2.75) is 43.3 Å². The van der Waals surface area contributed by atoms with Gasteiger partial charge in [0.15, 0.2) is 0 Å². The molecule has 28 heavy (non-hydrogen) atoms. The highest BCUT2D eigenvalue weighted by Crippen LogP contribution is 2.30. The lowest BCUT2D eigenvalue weighted by Crippen LogP contribution is -2.24. The molecule has 4 rings (SSSR count). The highest BCUT2D eigenvalue weighted by Gasteiger charge is 2.32. The first-order valence-electron chi connectivity index (χ1n) is 9.21. The molecule has 0 spiro atoms. The number of amides is 3. The van der Waals surface area contributed by atoms with Crippen molar-refractivity contribution in [2.75, 3.05) is 18.1 Å². The van der Waals surface area contributed by atoms with Gasteiger partial charge in [0.1, 0.15) is 0 Å². The van der Waals surface area contributed by atoms with Crippen molar-refractivity contribution in [1.82, 2.24) is 25.1 Å². The Bertz CT molecular complexity index is 937. The normalized spacial score (nSPS) is 17.1. The van der Waals surface area contributed by atoms with E-state index < -0.39 is 0 Å². The van der Waals surface area contributed by atoms with Gasteiger partial charge in [-0.25, -0.2) is 4.68 Å². The van der Waals surface area contributed by atoms with E-state index in [0.29, 0.717) is 28.0 Å². The second-order valence-corrected chi connectivity index (χ2v) is 7.91.